The average molecular weight is 224 g/mol. The Bertz CT molecular complexity index is 222. The highest BCUT2D eigenvalue weighted by Gasteiger charge is 2.17. The van der Waals surface area contributed by atoms with Crippen molar-refractivity contribution in [3.63, 3.8) is 0 Å². The van der Waals surface area contributed by atoms with E-state index in [-0.39, 0.29) is 0 Å². The Hall–Kier alpha value is -0.830. The van der Waals surface area contributed by atoms with E-state index in [0.29, 0.717) is 6.04 Å². The molecule has 0 spiro atoms. The van der Waals surface area contributed by atoms with Gasteiger partial charge in [-0.3, -0.25) is 0 Å². The lowest BCUT2D eigenvalue weighted by atomic mass is 10.2. The fourth-order valence-electron chi connectivity index (χ4n) is 1.89. The summed E-state index contributed by atoms with van der Waals surface area (Å²) in [6.07, 6.45) is 8.87. The Morgan fingerprint density at radius 3 is 2.27 bits per heavy atom. The van der Waals surface area contributed by atoms with Crippen LogP contribution >= 0.6 is 12.2 Å². The molecule has 0 bridgehead atoms. The Labute approximate surface area is 98.0 Å². The minimum atomic E-state index is 0.578. The van der Waals surface area contributed by atoms with Crippen molar-refractivity contribution >= 4 is 17.3 Å². The zero-order valence-electron chi connectivity index (χ0n) is 9.24. The van der Waals surface area contributed by atoms with Crippen LogP contribution in [0.1, 0.15) is 25.7 Å². The van der Waals surface area contributed by atoms with Crippen LogP contribution in [-0.4, -0.2) is 29.1 Å². The summed E-state index contributed by atoms with van der Waals surface area (Å²) < 4.78 is 0. The molecule has 1 rings (SSSR count). The first-order chi connectivity index (χ1) is 7.27. The zero-order valence-corrected chi connectivity index (χ0v) is 10.1. The van der Waals surface area contributed by atoms with Crippen LogP contribution in [0.2, 0.25) is 0 Å². The molecule has 15 heavy (non-hydrogen) atoms. The number of thiocarbonyl (C=S) groups is 1. The van der Waals surface area contributed by atoms with E-state index in [1.807, 2.05) is 12.2 Å². The molecule has 0 radical (unpaired) electrons. The summed E-state index contributed by atoms with van der Waals surface area (Å²) in [5.41, 5.74) is 0. The lowest BCUT2D eigenvalue weighted by molar-refractivity contribution is 0.481. The van der Waals surface area contributed by atoms with Crippen molar-refractivity contribution in [1.82, 2.24) is 10.2 Å². The van der Waals surface area contributed by atoms with E-state index in [0.717, 1.165) is 18.2 Å². The highest BCUT2D eigenvalue weighted by atomic mass is 32.1. The highest BCUT2D eigenvalue weighted by Crippen LogP contribution is 2.17. The molecule has 3 heteroatoms. The molecule has 1 fully saturated rings. The standard InChI is InChI=1S/C12H20N2S/c1-3-9-14(10-4-2)12(15)13-11-7-5-6-8-11/h3-4,11H,1-2,5-10H2,(H,13,15). The molecule has 0 unspecified atom stereocenters. The van der Waals surface area contributed by atoms with Crippen molar-refractivity contribution in [2.24, 2.45) is 0 Å². The summed E-state index contributed by atoms with van der Waals surface area (Å²) in [4.78, 5) is 2.08. The third kappa shape index (κ3) is 4.04. The monoisotopic (exact) mass is 224 g/mol. The lowest BCUT2D eigenvalue weighted by Crippen LogP contribution is -2.43. The van der Waals surface area contributed by atoms with Crippen LogP contribution < -0.4 is 5.32 Å². The first-order valence-corrected chi connectivity index (χ1v) is 5.96. The third-order valence-electron chi connectivity index (χ3n) is 2.67. The van der Waals surface area contributed by atoms with Gasteiger partial charge in [0.25, 0.3) is 0 Å². The van der Waals surface area contributed by atoms with Crippen LogP contribution in [0.15, 0.2) is 25.3 Å². The van der Waals surface area contributed by atoms with Gasteiger partial charge in [0.1, 0.15) is 0 Å². The molecule has 84 valence electrons. The molecule has 1 aliphatic carbocycles. The van der Waals surface area contributed by atoms with E-state index in [9.17, 15) is 0 Å². The fourth-order valence-corrected chi connectivity index (χ4v) is 2.20. The third-order valence-corrected chi connectivity index (χ3v) is 3.05. The van der Waals surface area contributed by atoms with Crippen LogP contribution in [0.4, 0.5) is 0 Å². The van der Waals surface area contributed by atoms with Crippen LogP contribution in [0.5, 0.6) is 0 Å². The normalized spacial score (nSPS) is 16.0. The summed E-state index contributed by atoms with van der Waals surface area (Å²) in [5, 5.41) is 4.25. The minimum absolute atomic E-state index is 0.578. The number of rotatable bonds is 5. The summed E-state index contributed by atoms with van der Waals surface area (Å²) in [6.45, 7) is 9.03. The van der Waals surface area contributed by atoms with Crippen LogP contribution in [0.3, 0.4) is 0 Å². The van der Waals surface area contributed by atoms with Gasteiger partial charge in [-0.25, -0.2) is 0 Å². The first kappa shape index (κ1) is 12.2. The minimum Gasteiger partial charge on any atom is -0.360 e. The van der Waals surface area contributed by atoms with Crippen LogP contribution in [0.25, 0.3) is 0 Å². The predicted octanol–water partition coefficient (Wildman–Crippen LogP) is 2.48. The molecule has 0 aliphatic heterocycles. The maximum absolute atomic E-state index is 5.36. The summed E-state index contributed by atoms with van der Waals surface area (Å²) >= 11 is 5.36. The molecule has 1 N–H and O–H groups in total. The maximum Gasteiger partial charge on any atom is 0.169 e. The van der Waals surface area contributed by atoms with Crippen LogP contribution in [0, 0.1) is 0 Å². The van der Waals surface area contributed by atoms with E-state index in [2.05, 4.69) is 23.4 Å². The Kier molecular flexibility index (Phi) is 5.40. The van der Waals surface area contributed by atoms with Gasteiger partial charge in [0.15, 0.2) is 5.11 Å². The molecule has 0 atom stereocenters. The van der Waals surface area contributed by atoms with E-state index in [1.165, 1.54) is 25.7 Å². The Morgan fingerprint density at radius 2 is 1.80 bits per heavy atom. The summed E-state index contributed by atoms with van der Waals surface area (Å²) in [6, 6.07) is 0.578. The number of hydrogen-bond donors (Lipinski definition) is 1. The summed E-state index contributed by atoms with van der Waals surface area (Å²) in [5.74, 6) is 0. The van der Waals surface area contributed by atoms with E-state index < -0.39 is 0 Å². The van der Waals surface area contributed by atoms with E-state index in [1.54, 1.807) is 0 Å². The predicted molar refractivity (Wildman–Crippen MR) is 70.0 cm³/mol. The SMILES string of the molecule is C=CCN(CC=C)C(=S)NC1CCCC1. The van der Waals surface area contributed by atoms with Gasteiger partial charge in [0.05, 0.1) is 0 Å². The average Bonchev–Trinajstić information content (AvgIpc) is 2.70. The van der Waals surface area contributed by atoms with Gasteiger partial charge in [-0.2, -0.15) is 0 Å². The second-order valence-electron chi connectivity index (χ2n) is 3.91. The second-order valence-corrected chi connectivity index (χ2v) is 4.30. The maximum atomic E-state index is 5.36. The first-order valence-electron chi connectivity index (χ1n) is 5.55. The molecule has 0 amide bonds. The Balaban J connectivity index is 2.39. The van der Waals surface area contributed by atoms with Gasteiger partial charge in [0, 0.05) is 19.1 Å². The van der Waals surface area contributed by atoms with Crippen molar-refractivity contribution in [3.05, 3.63) is 25.3 Å². The van der Waals surface area contributed by atoms with Crippen LogP contribution in [-0.2, 0) is 0 Å². The van der Waals surface area contributed by atoms with Gasteiger partial charge in [-0.05, 0) is 25.1 Å². The van der Waals surface area contributed by atoms with Crippen molar-refractivity contribution in [1.29, 1.82) is 0 Å². The molecule has 0 aromatic carbocycles. The quantitative estimate of drug-likeness (QED) is 0.570. The smallest absolute Gasteiger partial charge is 0.169 e. The highest BCUT2D eigenvalue weighted by molar-refractivity contribution is 7.80. The van der Waals surface area contributed by atoms with Gasteiger partial charge < -0.3 is 10.2 Å². The topological polar surface area (TPSA) is 15.3 Å². The van der Waals surface area contributed by atoms with Crippen molar-refractivity contribution in [2.75, 3.05) is 13.1 Å². The molecule has 0 aromatic heterocycles. The molecule has 0 aromatic rings. The van der Waals surface area contributed by atoms with Crippen molar-refractivity contribution in [3.8, 4) is 0 Å². The molecule has 0 saturated heterocycles. The largest absolute Gasteiger partial charge is 0.360 e. The van der Waals surface area contributed by atoms with Crippen molar-refractivity contribution in [2.45, 2.75) is 31.7 Å². The second kappa shape index (κ2) is 6.62. The van der Waals surface area contributed by atoms with Gasteiger partial charge in [-0.1, -0.05) is 25.0 Å². The lowest BCUT2D eigenvalue weighted by Gasteiger charge is -2.25. The van der Waals surface area contributed by atoms with E-state index in [4.69, 9.17) is 12.2 Å². The van der Waals surface area contributed by atoms with Gasteiger partial charge >= 0.3 is 0 Å². The summed E-state index contributed by atoms with van der Waals surface area (Å²) in [7, 11) is 0. The molecule has 2 nitrogen and oxygen atoms in total. The molecule has 1 saturated carbocycles. The molecular formula is C12H20N2S. The number of hydrogen-bond acceptors (Lipinski definition) is 1. The Morgan fingerprint density at radius 1 is 1.27 bits per heavy atom. The van der Waals surface area contributed by atoms with Gasteiger partial charge in [-0.15, -0.1) is 13.2 Å². The van der Waals surface area contributed by atoms with Gasteiger partial charge in [0.2, 0.25) is 0 Å². The fraction of sp³-hybridized carbons (Fsp3) is 0.583. The molecular weight excluding hydrogens is 204 g/mol. The van der Waals surface area contributed by atoms with Crippen molar-refractivity contribution < 1.29 is 0 Å². The zero-order chi connectivity index (χ0) is 11.1. The molecule has 0 heterocycles. The number of nitrogens with zero attached hydrogens (tertiary/aromatic N) is 1. The van der Waals surface area contributed by atoms with E-state index >= 15 is 0 Å². The number of nitrogens with one attached hydrogen (secondary N) is 1. The molecule has 1 aliphatic rings.